The van der Waals surface area contributed by atoms with Crippen molar-refractivity contribution in [3.05, 3.63) is 0 Å². The van der Waals surface area contributed by atoms with Gasteiger partial charge in [-0.15, -0.1) is 0 Å². The third-order valence-electron chi connectivity index (χ3n) is 3.46. The summed E-state index contributed by atoms with van der Waals surface area (Å²) in [6.07, 6.45) is 1.72. The van der Waals surface area contributed by atoms with Gasteiger partial charge in [-0.3, -0.25) is 0 Å². The minimum absolute atomic E-state index is 0.170. The summed E-state index contributed by atoms with van der Waals surface area (Å²) in [6, 6.07) is 0. The quantitative estimate of drug-likeness (QED) is 0.553. The maximum absolute atomic E-state index is 12.7. The van der Waals surface area contributed by atoms with Gasteiger partial charge in [-0.2, -0.15) is 0 Å². The Morgan fingerprint density at radius 3 is 2.00 bits per heavy atom. The second-order valence-corrected chi connectivity index (χ2v) is 4.57. The van der Waals surface area contributed by atoms with Gasteiger partial charge in [0.05, 0.1) is 0 Å². The van der Waals surface area contributed by atoms with Crippen LogP contribution in [0.25, 0.3) is 0 Å². The van der Waals surface area contributed by atoms with Gasteiger partial charge in [0.1, 0.15) is 0 Å². The zero-order valence-electron chi connectivity index (χ0n) is 7.03. The molecule has 0 aromatic carbocycles. The van der Waals surface area contributed by atoms with E-state index in [0.717, 1.165) is 12.8 Å². The van der Waals surface area contributed by atoms with Crippen LogP contribution in [0.4, 0.5) is 8.78 Å². The smallest absolute Gasteiger partial charge is 0.206 e. The average molecular weight is 160 g/mol. The molecule has 0 radical (unpaired) electrons. The summed E-state index contributed by atoms with van der Waals surface area (Å²) in [5.74, 6) is -1.13. The molecule has 0 heterocycles. The lowest BCUT2D eigenvalue weighted by Gasteiger charge is -2.38. The van der Waals surface area contributed by atoms with Gasteiger partial charge in [0, 0.05) is 11.8 Å². The topological polar surface area (TPSA) is 0 Å². The van der Waals surface area contributed by atoms with Crippen LogP contribution >= 0.6 is 0 Å². The second-order valence-electron chi connectivity index (χ2n) is 4.57. The van der Waals surface area contributed by atoms with Crippen molar-refractivity contribution in [3.8, 4) is 0 Å². The Morgan fingerprint density at radius 2 is 1.73 bits per heavy atom. The fraction of sp³-hybridized carbons (Fsp3) is 1.00. The largest absolute Gasteiger partial charge is 0.254 e. The van der Waals surface area contributed by atoms with Gasteiger partial charge in [0.2, 0.25) is 0 Å². The summed E-state index contributed by atoms with van der Waals surface area (Å²) < 4.78 is 25.3. The van der Waals surface area contributed by atoms with Crippen molar-refractivity contribution < 1.29 is 8.78 Å². The van der Waals surface area contributed by atoms with Crippen LogP contribution < -0.4 is 0 Å². The molecule has 0 bridgehead atoms. The van der Waals surface area contributed by atoms with Crippen molar-refractivity contribution in [2.45, 2.75) is 39.0 Å². The van der Waals surface area contributed by atoms with Crippen LogP contribution in [0.5, 0.6) is 0 Å². The average Bonchev–Trinajstić information content (AvgIpc) is 2.29. The predicted molar refractivity (Wildman–Crippen MR) is 39.6 cm³/mol. The van der Waals surface area contributed by atoms with E-state index in [2.05, 4.69) is 13.8 Å². The Balaban J connectivity index is 1.90. The number of halogens is 2. The van der Waals surface area contributed by atoms with E-state index in [1.165, 1.54) is 0 Å². The summed E-state index contributed by atoms with van der Waals surface area (Å²) in [5, 5.41) is 0. The van der Waals surface area contributed by atoms with Gasteiger partial charge in [-0.25, -0.2) is 8.78 Å². The van der Waals surface area contributed by atoms with Gasteiger partial charge in [-0.05, 0) is 24.7 Å². The molecule has 0 saturated heterocycles. The fourth-order valence-electron chi connectivity index (χ4n) is 2.24. The molecule has 64 valence electrons. The molecular weight excluding hydrogens is 146 g/mol. The fourth-order valence-corrected chi connectivity index (χ4v) is 2.24. The van der Waals surface area contributed by atoms with Gasteiger partial charge in [-0.1, -0.05) is 13.8 Å². The lowest BCUT2D eigenvalue weighted by Crippen LogP contribution is -2.33. The van der Waals surface area contributed by atoms with Crippen molar-refractivity contribution in [1.82, 2.24) is 0 Å². The van der Waals surface area contributed by atoms with E-state index >= 15 is 0 Å². The van der Waals surface area contributed by atoms with Crippen LogP contribution in [0.2, 0.25) is 0 Å². The Bertz CT molecular complexity index is 178. The third kappa shape index (κ3) is 0.844. The molecule has 2 aliphatic rings. The molecule has 0 amide bonds. The first-order valence-corrected chi connectivity index (χ1v) is 4.35. The van der Waals surface area contributed by atoms with Crippen molar-refractivity contribution in [3.63, 3.8) is 0 Å². The highest BCUT2D eigenvalue weighted by Gasteiger charge is 2.75. The zero-order valence-corrected chi connectivity index (χ0v) is 7.03. The van der Waals surface area contributed by atoms with E-state index in [4.69, 9.17) is 0 Å². The molecule has 2 fully saturated rings. The monoisotopic (exact) mass is 160 g/mol. The van der Waals surface area contributed by atoms with Gasteiger partial charge >= 0.3 is 0 Å². The molecule has 0 unspecified atom stereocenters. The molecule has 0 aromatic rings. The van der Waals surface area contributed by atoms with Crippen molar-refractivity contribution in [2.24, 2.45) is 17.3 Å². The molecule has 11 heavy (non-hydrogen) atoms. The normalized spacial score (nSPS) is 46.1. The molecule has 1 spiro atoms. The molecule has 2 heteroatoms. The van der Waals surface area contributed by atoms with E-state index < -0.39 is 11.3 Å². The van der Waals surface area contributed by atoms with E-state index in [-0.39, 0.29) is 6.42 Å². The second kappa shape index (κ2) is 1.78. The lowest BCUT2D eigenvalue weighted by atomic mass is 9.66. The minimum atomic E-state index is -2.29. The first-order chi connectivity index (χ1) is 4.97. The highest BCUT2D eigenvalue weighted by molar-refractivity contribution is 5.17. The summed E-state index contributed by atoms with van der Waals surface area (Å²) in [7, 11) is 0. The first-order valence-electron chi connectivity index (χ1n) is 4.35. The molecule has 0 aliphatic heterocycles. The lowest BCUT2D eigenvalue weighted by molar-refractivity contribution is -0.0110. The maximum Gasteiger partial charge on any atom is 0.254 e. The van der Waals surface area contributed by atoms with E-state index in [1.54, 1.807) is 0 Å². The summed E-state index contributed by atoms with van der Waals surface area (Å²) in [4.78, 5) is 0. The SMILES string of the molecule is CC(C)[C@H]1C[C@]2(CC2(F)F)C1. The Hall–Kier alpha value is -0.140. The molecule has 2 saturated carbocycles. The van der Waals surface area contributed by atoms with Crippen LogP contribution in [0.15, 0.2) is 0 Å². The zero-order chi connectivity index (χ0) is 8.28. The number of rotatable bonds is 1. The molecule has 2 rings (SSSR count). The summed E-state index contributed by atoms with van der Waals surface area (Å²) >= 11 is 0. The highest BCUT2D eigenvalue weighted by Crippen LogP contribution is 2.73. The number of hydrogen-bond donors (Lipinski definition) is 0. The first kappa shape index (κ1) is 7.51. The molecule has 0 aromatic heterocycles. The standard InChI is InChI=1S/C9H14F2/c1-6(2)7-3-8(4-7)5-9(8,10)11/h6-7H,3-5H2,1-2H3/t7-,8+. The van der Waals surface area contributed by atoms with Crippen LogP contribution in [0, 0.1) is 17.3 Å². The Labute approximate surface area is 66.0 Å². The highest BCUT2D eigenvalue weighted by atomic mass is 19.3. The minimum Gasteiger partial charge on any atom is -0.206 e. The maximum atomic E-state index is 12.7. The Morgan fingerprint density at radius 1 is 1.27 bits per heavy atom. The van der Waals surface area contributed by atoms with Crippen LogP contribution in [-0.4, -0.2) is 5.92 Å². The number of alkyl halides is 2. The van der Waals surface area contributed by atoms with Gasteiger partial charge in [0.25, 0.3) is 5.92 Å². The van der Waals surface area contributed by atoms with Crippen molar-refractivity contribution in [1.29, 1.82) is 0 Å². The molecule has 0 N–H and O–H groups in total. The number of hydrogen-bond acceptors (Lipinski definition) is 0. The van der Waals surface area contributed by atoms with Gasteiger partial charge in [0.15, 0.2) is 0 Å². The van der Waals surface area contributed by atoms with E-state index in [1.807, 2.05) is 0 Å². The van der Waals surface area contributed by atoms with E-state index in [9.17, 15) is 8.78 Å². The van der Waals surface area contributed by atoms with Crippen LogP contribution in [0.3, 0.4) is 0 Å². The Kier molecular flexibility index (Phi) is 1.21. The van der Waals surface area contributed by atoms with Crippen LogP contribution in [0.1, 0.15) is 33.1 Å². The third-order valence-corrected chi connectivity index (χ3v) is 3.46. The molecular formula is C9H14F2. The molecule has 0 atom stereocenters. The van der Waals surface area contributed by atoms with Crippen LogP contribution in [-0.2, 0) is 0 Å². The van der Waals surface area contributed by atoms with Crippen molar-refractivity contribution >= 4 is 0 Å². The summed E-state index contributed by atoms with van der Waals surface area (Å²) in [5.41, 5.74) is -0.512. The van der Waals surface area contributed by atoms with Crippen molar-refractivity contribution in [2.75, 3.05) is 0 Å². The molecule has 2 aliphatic carbocycles. The van der Waals surface area contributed by atoms with E-state index in [0.29, 0.717) is 11.8 Å². The molecule has 0 nitrogen and oxygen atoms in total. The van der Waals surface area contributed by atoms with Gasteiger partial charge < -0.3 is 0 Å². The summed E-state index contributed by atoms with van der Waals surface area (Å²) in [6.45, 7) is 4.25. The predicted octanol–water partition coefficient (Wildman–Crippen LogP) is 3.08.